The minimum Gasteiger partial charge on any atom is -0.497 e. The quantitative estimate of drug-likeness (QED) is 0.645. The van der Waals surface area contributed by atoms with Crippen LogP contribution in [0.5, 0.6) is 11.5 Å². The van der Waals surface area contributed by atoms with E-state index in [2.05, 4.69) is 10.4 Å². The predicted octanol–water partition coefficient (Wildman–Crippen LogP) is 2.94. The highest BCUT2D eigenvalue weighted by Crippen LogP contribution is 2.34. The van der Waals surface area contributed by atoms with Crippen LogP contribution < -0.4 is 19.7 Å². The van der Waals surface area contributed by atoms with Gasteiger partial charge in [-0.25, -0.2) is 0 Å². The largest absolute Gasteiger partial charge is 0.497 e. The fourth-order valence-corrected chi connectivity index (χ4v) is 3.98. The molecule has 0 fully saturated rings. The van der Waals surface area contributed by atoms with E-state index < -0.39 is 5.54 Å². The maximum atomic E-state index is 13.5. The topological polar surface area (TPSA) is 85.7 Å². The minimum absolute atomic E-state index is 0.230. The molecule has 0 spiro atoms. The van der Waals surface area contributed by atoms with Crippen LogP contribution in [0.3, 0.4) is 0 Å². The fourth-order valence-electron chi connectivity index (χ4n) is 3.98. The molecule has 8 heteroatoms. The third-order valence-corrected chi connectivity index (χ3v) is 5.69. The van der Waals surface area contributed by atoms with Crippen LogP contribution in [0.25, 0.3) is 0 Å². The molecule has 0 bridgehead atoms. The van der Waals surface area contributed by atoms with Crippen LogP contribution >= 0.6 is 0 Å². The van der Waals surface area contributed by atoms with Gasteiger partial charge in [0.2, 0.25) is 5.91 Å². The number of methoxy groups -OCH3 is 2. The number of amides is 2. The Hall–Kier alpha value is -3.81. The van der Waals surface area contributed by atoms with Crippen LogP contribution in [0.2, 0.25) is 0 Å². The van der Waals surface area contributed by atoms with Crippen molar-refractivity contribution >= 4 is 17.5 Å². The van der Waals surface area contributed by atoms with Gasteiger partial charge in [-0.1, -0.05) is 18.2 Å². The SMILES string of the molecule is COc1ccc(CNC(=O)C2(C)Cn3nc(C)cc3C(=O)N2c2cccc(OC)c2)cc1. The van der Waals surface area contributed by atoms with Crippen LogP contribution in [0, 0.1) is 6.92 Å². The average molecular weight is 434 g/mol. The summed E-state index contributed by atoms with van der Waals surface area (Å²) in [5.74, 6) is 0.790. The molecule has 8 nitrogen and oxygen atoms in total. The highest BCUT2D eigenvalue weighted by atomic mass is 16.5. The third kappa shape index (κ3) is 3.79. The van der Waals surface area contributed by atoms with E-state index in [0.717, 1.165) is 17.0 Å². The zero-order valence-corrected chi connectivity index (χ0v) is 18.6. The molecule has 1 atom stereocenters. The van der Waals surface area contributed by atoms with Gasteiger partial charge < -0.3 is 14.8 Å². The molecule has 32 heavy (non-hydrogen) atoms. The van der Waals surface area contributed by atoms with E-state index >= 15 is 0 Å². The number of carbonyl (C=O) groups is 2. The Balaban J connectivity index is 1.68. The molecule has 0 aliphatic carbocycles. The molecule has 2 amide bonds. The Morgan fingerprint density at radius 1 is 1.09 bits per heavy atom. The Labute approximate surface area is 186 Å². The van der Waals surface area contributed by atoms with E-state index in [1.54, 1.807) is 56.2 Å². The summed E-state index contributed by atoms with van der Waals surface area (Å²) in [6, 6.07) is 16.4. The first-order valence-electron chi connectivity index (χ1n) is 10.3. The van der Waals surface area contributed by atoms with Crippen molar-refractivity contribution in [1.82, 2.24) is 15.1 Å². The number of nitrogens with zero attached hydrogens (tertiary/aromatic N) is 3. The lowest BCUT2D eigenvalue weighted by Crippen LogP contribution is -2.64. The lowest BCUT2D eigenvalue weighted by Gasteiger charge is -2.43. The molecule has 1 unspecified atom stereocenters. The van der Waals surface area contributed by atoms with Gasteiger partial charge in [0.05, 0.1) is 26.5 Å². The molecule has 1 aliphatic heterocycles. The second-order valence-corrected chi connectivity index (χ2v) is 7.98. The normalized spacial score (nSPS) is 17.6. The van der Waals surface area contributed by atoms with Crippen LogP contribution in [0.1, 0.15) is 28.7 Å². The van der Waals surface area contributed by atoms with Crippen molar-refractivity contribution < 1.29 is 19.1 Å². The molecular weight excluding hydrogens is 408 g/mol. The Morgan fingerprint density at radius 3 is 2.50 bits per heavy atom. The summed E-state index contributed by atoms with van der Waals surface area (Å²) >= 11 is 0. The first-order valence-corrected chi connectivity index (χ1v) is 10.3. The molecule has 0 radical (unpaired) electrons. The number of rotatable bonds is 6. The molecule has 0 saturated heterocycles. The van der Waals surface area contributed by atoms with Gasteiger partial charge in [0.15, 0.2) is 0 Å². The summed E-state index contributed by atoms with van der Waals surface area (Å²) < 4.78 is 12.1. The Morgan fingerprint density at radius 2 is 1.81 bits per heavy atom. The second-order valence-electron chi connectivity index (χ2n) is 7.98. The van der Waals surface area contributed by atoms with Gasteiger partial charge in [0.1, 0.15) is 22.7 Å². The summed E-state index contributed by atoms with van der Waals surface area (Å²) in [5, 5.41) is 7.42. The lowest BCUT2D eigenvalue weighted by atomic mass is 9.93. The first-order chi connectivity index (χ1) is 15.4. The molecule has 2 aromatic carbocycles. The smallest absolute Gasteiger partial charge is 0.277 e. The van der Waals surface area contributed by atoms with E-state index in [9.17, 15) is 9.59 Å². The first kappa shape index (κ1) is 21.4. The Bertz CT molecular complexity index is 1160. The van der Waals surface area contributed by atoms with Crippen LogP contribution in [0.15, 0.2) is 54.6 Å². The average Bonchev–Trinajstić information content (AvgIpc) is 3.18. The number of anilines is 1. The van der Waals surface area contributed by atoms with Crippen molar-refractivity contribution in [1.29, 1.82) is 0 Å². The zero-order valence-electron chi connectivity index (χ0n) is 18.6. The highest BCUT2D eigenvalue weighted by molar-refractivity contribution is 6.11. The summed E-state index contributed by atoms with van der Waals surface area (Å²) in [7, 11) is 3.17. The number of fused-ring (bicyclic) bond motifs is 1. The summed E-state index contributed by atoms with van der Waals surface area (Å²) in [4.78, 5) is 28.6. The molecule has 2 heterocycles. The fraction of sp³-hybridized carbons (Fsp3) is 0.292. The maximum Gasteiger partial charge on any atom is 0.277 e. The van der Waals surface area contributed by atoms with Crippen LogP contribution in [0.4, 0.5) is 5.69 Å². The molecule has 166 valence electrons. The monoisotopic (exact) mass is 434 g/mol. The number of ether oxygens (including phenoxy) is 2. The van der Waals surface area contributed by atoms with Gasteiger partial charge in [-0.15, -0.1) is 0 Å². The summed E-state index contributed by atoms with van der Waals surface area (Å²) in [6.45, 7) is 4.14. The molecule has 1 aromatic heterocycles. The van der Waals surface area contributed by atoms with Crippen molar-refractivity contribution in [3.8, 4) is 11.5 Å². The number of carbonyl (C=O) groups excluding carboxylic acids is 2. The second kappa shape index (κ2) is 8.37. The Kier molecular flexibility index (Phi) is 5.61. The zero-order chi connectivity index (χ0) is 22.9. The third-order valence-electron chi connectivity index (χ3n) is 5.69. The van der Waals surface area contributed by atoms with Gasteiger partial charge >= 0.3 is 0 Å². The van der Waals surface area contributed by atoms with Crippen molar-refractivity contribution in [2.24, 2.45) is 0 Å². The van der Waals surface area contributed by atoms with E-state index in [1.807, 2.05) is 31.2 Å². The van der Waals surface area contributed by atoms with Crippen molar-refractivity contribution in [2.45, 2.75) is 32.5 Å². The molecule has 1 aliphatic rings. The van der Waals surface area contributed by atoms with Gasteiger partial charge in [-0.2, -0.15) is 5.10 Å². The van der Waals surface area contributed by atoms with Gasteiger partial charge in [-0.05, 0) is 49.7 Å². The molecule has 4 rings (SSSR count). The molecule has 3 aromatic rings. The van der Waals surface area contributed by atoms with Gasteiger partial charge in [0.25, 0.3) is 5.91 Å². The van der Waals surface area contributed by atoms with E-state index in [0.29, 0.717) is 23.7 Å². The maximum absolute atomic E-state index is 13.5. The van der Waals surface area contributed by atoms with Crippen LogP contribution in [-0.2, 0) is 17.9 Å². The predicted molar refractivity (Wildman–Crippen MR) is 120 cm³/mol. The number of hydrogen-bond donors (Lipinski definition) is 1. The number of hydrogen-bond acceptors (Lipinski definition) is 5. The van der Waals surface area contributed by atoms with Gasteiger partial charge in [0, 0.05) is 18.3 Å². The summed E-state index contributed by atoms with van der Waals surface area (Å²) in [5.41, 5.74) is 1.49. The standard InChI is InChI=1S/C24H26N4O4/c1-16-12-21-22(29)28(18-6-5-7-20(13-18)32-4)24(2,15-27(21)26-16)23(30)25-14-17-8-10-19(31-3)11-9-17/h5-13H,14-15H2,1-4H3,(H,25,30). The lowest BCUT2D eigenvalue weighted by molar-refractivity contribution is -0.126. The van der Waals surface area contributed by atoms with Crippen molar-refractivity contribution in [2.75, 3.05) is 19.1 Å². The highest BCUT2D eigenvalue weighted by Gasteiger charge is 2.48. The number of aryl methyl sites for hydroxylation is 1. The van der Waals surface area contributed by atoms with E-state index in [4.69, 9.17) is 9.47 Å². The molecular formula is C24H26N4O4. The molecule has 1 N–H and O–H groups in total. The summed E-state index contributed by atoms with van der Waals surface area (Å²) in [6.07, 6.45) is 0. The van der Waals surface area contributed by atoms with E-state index in [1.165, 1.54) is 4.90 Å². The van der Waals surface area contributed by atoms with Gasteiger partial charge in [-0.3, -0.25) is 19.2 Å². The van der Waals surface area contributed by atoms with E-state index in [-0.39, 0.29) is 18.4 Å². The minimum atomic E-state index is -1.19. The number of aromatic nitrogens is 2. The van der Waals surface area contributed by atoms with Crippen molar-refractivity contribution in [3.63, 3.8) is 0 Å². The van der Waals surface area contributed by atoms with Crippen molar-refractivity contribution in [3.05, 3.63) is 71.5 Å². The molecule has 0 saturated carbocycles. The van der Waals surface area contributed by atoms with Crippen LogP contribution in [-0.4, -0.2) is 41.4 Å². The number of nitrogens with one attached hydrogen (secondary N) is 1. The number of benzene rings is 2.